The number of anilines is 1. The van der Waals surface area contributed by atoms with Gasteiger partial charge in [-0.15, -0.1) is 0 Å². The summed E-state index contributed by atoms with van der Waals surface area (Å²) < 4.78 is 7.26. The maximum absolute atomic E-state index is 12.9. The summed E-state index contributed by atoms with van der Waals surface area (Å²) in [5.41, 5.74) is 2.70. The number of morpholine rings is 1. The van der Waals surface area contributed by atoms with E-state index in [2.05, 4.69) is 15.4 Å². The second-order valence-corrected chi connectivity index (χ2v) is 7.16. The molecule has 2 N–H and O–H groups in total. The summed E-state index contributed by atoms with van der Waals surface area (Å²) in [5.74, 6) is -0.487. The number of aryl methyl sites for hydroxylation is 1. The van der Waals surface area contributed by atoms with E-state index in [1.807, 2.05) is 19.1 Å². The number of nitrogens with zero attached hydrogens (tertiary/aromatic N) is 3. The predicted molar refractivity (Wildman–Crippen MR) is 106 cm³/mol. The van der Waals surface area contributed by atoms with Crippen LogP contribution in [0.4, 0.5) is 5.69 Å². The van der Waals surface area contributed by atoms with Crippen LogP contribution < -0.4 is 5.32 Å². The van der Waals surface area contributed by atoms with Crippen LogP contribution in [0.1, 0.15) is 16.2 Å². The molecule has 1 saturated heterocycles. The molecule has 1 unspecified atom stereocenters. The molecule has 146 valence electrons. The maximum atomic E-state index is 12.9. The SMILES string of the molecule is Cc1c(NC(=O)C2CN(C(=O)c3cc4c(Cl)cccc4[nH]3)CCO2)cnn1C. The molecule has 2 amide bonds. The van der Waals surface area contributed by atoms with Crippen molar-refractivity contribution in [2.24, 2.45) is 7.05 Å². The van der Waals surface area contributed by atoms with Gasteiger partial charge >= 0.3 is 0 Å². The number of ether oxygens (including phenoxy) is 1. The number of aromatic amines is 1. The molecule has 1 atom stereocenters. The third kappa shape index (κ3) is 3.36. The molecule has 2 aromatic heterocycles. The number of carbonyl (C=O) groups is 2. The van der Waals surface area contributed by atoms with E-state index in [4.69, 9.17) is 16.3 Å². The van der Waals surface area contributed by atoms with Crippen LogP contribution in [-0.4, -0.2) is 57.3 Å². The van der Waals surface area contributed by atoms with Crippen molar-refractivity contribution in [2.45, 2.75) is 13.0 Å². The van der Waals surface area contributed by atoms with Crippen LogP contribution in [0.15, 0.2) is 30.5 Å². The van der Waals surface area contributed by atoms with Gasteiger partial charge in [0.2, 0.25) is 0 Å². The van der Waals surface area contributed by atoms with Crippen LogP contribution in [0.2, 0.25) is 5.02 Å². The van der Waals surface area contributed by atoms with Gasteiger partial charge in [-0.05, 0) is 25.1 Å². The highest BCUT2D eigenvalue weighted by molar-refractivity contribution is 6.35. The van der Waals surface area contributed by atoms with E-state index in [0.29, 0.717) is 22.9 Å². The van der Waals surface area contributed by atoms with Gasteiger partial charge in [-0.1, -0.05) is 17.7 Å². The van der Waals surface area contributed by atoms with Crippen LogP contribution >= 0.6 is 11.6 Å². The van der Waals surface area contributed by atoms with Crippen molar-refractivity contribution < 1.29 is 14.3 Å². The molecule has 0 aliphatic carbocycles. The van der Waals surface area contributed by atoms with E-state index in [1.54, 1.807) is 35.0 Å². The van der Waals surface area contributed by atoms with Crippen molar-refractivity contribution in [1.82, 2.24) is 19.7 Å². The molecule has 9 heteroatoms. The summed E-state index contributed by atoms with van der Waals surface area (Å²) in [4.78, 5) is 30.2. The first-order valence-electron chi connectivity index (χ1n) is 8.91. The average molecular weight is 402 g/mol. The molecule has 1 aliphatic heterocycles. The molecule has 0 radical (unpaired) electrons. The third-order valence-corrected chi connectivity index (χ3v) is 5.31. The molecule has 8 nitrogen and oxygen atoms in total. The number of carbonyl (C=O) groups excluding carboxylic acids is 2. The highest BCUT2D eigenvalue weighted by atomic mass is 35.5. The fraction of sp³-hybridized carbons (Fsp3) is 0.316. The number of hydrogen-bond acceptors (Lipinski definition) is 4. The summed E-state index contributed by atoms with van der Waals surface area (Å²) in [7, 11) is 1.80. The molecular weight excluding hydrogens is 382 g/mol. The van der Waals surface area contributed by atoms with Crippen molar-refractivity contribution in [2.75, 3.05) is 25.0 Å². The first-order valence-corrected chi connectivity index (χ1v) is 9.29. The highest BCUT2D eigenvalue weighted by Crippen LogP contribution is 2.25. The molecule has 0 bridgehead atoms. The number of aromatic nitrogens is 3. The van der Waals surface area contributed by atoms with E-state index < -0.39 is 6.10 Å². The summed E-state index contributed by atoms with van der Waals surface area (Å²) in [6.07, 6.45) is 0.845. The van der Waals surface area contributed by atoms with Gasteiger partial charge in [0, 0.05) is 29.5 Å². The van der Waals surface area contributed by atoms with Gasteiger partial charge in [0.05, 0.1) is 30.7 Å². The summed E-state index contributed by atoms with van der Waals surface area (Å²) in [6.45, 7) is 2.74. The minimum Gasteiger partial charge on any atom is -0.365 e. The van der Waals surface area contributed by atoms with Gasteiger partial charge < -0.3 is 19.9 Å². The topological polar surface area (TPSA) is 92.2 Å². The fourth-order valence-corrected chi connectivity index (χ4v) is 3.46. The number of rotatable bonds is 3. The highest BCUT2D eigenvalue weighted by Gasteiger charge is 2.31. The quantitative estimate of drug-likeness (QED) is 0.704. The number of fused-ring (bicyclic) bond motifs is 1. The molecule has 0 spiro atoms. The minimum atomic E-state index is -0.745. The molecule has 28 heavy (non-hydrogen) atoms. The second kappa shape index (κ2) is 7.29. The van der Waals surface area contributed by atoms with Gasteiger partial charge in [0.25, 0.3) is 11.8 Å². The molecule has 1 fully saturated rings. The van der Waals surface area contributed by atoms with Crippen molar-refractivity contribution in [3.8, 4) is 0 Å². The van der Waals surface area contributed by atoms with Crippen LogP contribution in [-0.2, 0) is 16.6 Å². The van der Waals surface area contributed by atoms with Gasteiger partial charge in [-0.25, -0.2) is 0 Å². The Balaban J connectivity index is 1.48. The first-order chi connectivity index (χ1) is 13.4. The normalized spacial score (nSPS) is 17.1. The molecule has 1 aliphatic rings. The second-order valence-electron chi connectivity index (χ2n) is 6.75. The smallest absolute Gasteiger partial charge is 0.270 e. The lowest BCUT2D eigenvalue weighted by atomic mass is 10.2. The zero-order chi connectivity index (χ0) is 19.8. The zero-order valence-electron chi connectivity index (χ0n) is 15.5. The lowest BCUT2D eigenvalue weighted by molar-refractivity contribution is -0.131. The third-order valence-electron chi connectivity index (χ3n) is 4.98. The monoisotopic (exact) mass is 401 g/mol. The Morgan fingerprint density at radius 2 is 2.21 bits per heavy atom. The zero-order valence-corrected chi connectivity index (χ0v) is 16.3. The molecule has 1 aromatic carbocycles. The maximum Gasteiger partial charge on any atom is 0.270 e. The van der Waals surface area contributed by atoms with Gasteiger partial charge in [-0.2, -0.15) is 5.10 Å². The number of benzene rings is 1. The number of amides is 2. The summed E-state index contributed by atoms with van der Waals surface area (Å²) in [6, 6.07) is 7.21. The molecule has 0 saturated carbocycles. The Morgan fingerprint density at radius 1 is 1.39 bits per heavy atom. The van der Waals surface area contributed by atoms with Gasteiger partial charge in [0.15, 0.2) is 6.10 Å². The van der Waals surface area contributed by atoms with Crippen molar-refractivity contribution in [3.05, 3.63) is 46.9 Å². The Hall–Kier alpha value is -2.84. The first kappa shape index (κ1) is 18.5. The van der Waals surface area contributed by atoms with Crippen molar-refractivity contribution in [3.63, 3.8) is 0 Å². The predicted octanol–water partition coefficient (Wildman–Crippen LogP) is 2.34. The van der Waals surface area contributed by atoms with Crippen LogP contribution in [0.5, 0.6) is 0 Å². The summed E-state index contributed by atoms with van der Waals surface area (Å²) in [5, 5.41) is 8.30. The Kier molecular flexibility index (Phi) is 4.82. The van der Waals surface area contributed by atoms with E-state index in [0.717, 1.165) is 16.6 Å². The van der Waals surface area contributed by atoms with Crippen LogP contribution in [0, 0.1) is 6.92 Å². The van der Waals surface area contributed by atoms with Gasteiger partial charge in [0.1, 0.15) is 5.69 Å². The Morgan fingerprint density at radius 3 is 2.93 bits per heavy atom. The van der Waals surface area contributed by atoms with E-state index in [9.17, 15) is 9.59 Å². The van der Waals surface area contributed by atoms with Gasteiger partial charge in [-0.3, -0.25) is 14.3 Å². The van der Waals surface area contributed by atoms with Crippen molar-refractivity contribution >= 4 is 40.0 Å². The number of H-pyrrole nitrogens is 1. The Labute approximate surface area is 166 Å². The average Bonchev–Trinajstić information content (AvgIpc) is 3.27. The number of nitrogens with one attached hydrogen (secondary N) is 2. The van der Waals surface area contributed by atoms with Crippen LogP contribution in [0.25, 0.3) is 10.9 Å². The standard InChI is InChI=1S/C19H20ClN5O3/c1-11-16(9-21-24(11)2)23-18(26)17-10-25(6-7-28-17)19(27)15-8-12-13(20)4-3-5-14(12)22-15/h3-5,8-9,17,22H,6-7,10H2,1-2H3,(H,23,26). The minimum absolute atomic E-state index is 0.174. The number of halogens is 1. The number of hydrogen-bond donors (Lipinski definition) is 2. The van der Waals surface area contributed by atoms with E-state index in [-0.39, 0.29) is 25.0 Å². The lowest BCUT2D eigenvalue weighted by Gasteiger charge is -2.31. The largest absolute Gasteiger partial charge is 0.365 e. The van der Waals surface area contributed by atoms with E-state index in [1.165, 1.54) is 0 Å². The molecule has 4 rings (SSSR count). The van der Waals surface area contributed by atoms with Crippen LogP contribution in [0.3, 0.4) is 0 Å². The fourth-order valence-electron chi connectivity index (χ4n) is 3.23. The Bertz CT molecular complexity index is 1060. The molecule has 3 aromatic rings. The molecule has 3 heterocycles. The van der Waals surface area contributed by atoms with Crippen molar-refractivity contribution in [1.29, 1.82) is 0 Å². The summed E-state index contributed by atoms with van der Waals surface area (Å²) >= 11 is 6.19. The van der Waals surface area contributed by atoms with E-state index >= 15 is 0 Å². The molecular formula is C19H20ClN5O3. The lowest BCUT2D eigenvalue weighted by Crippen LogP contribution is -2.50.